The van der Waals surface area contributed by atoms with E-state index >= 15 is 0 Å². The van der Waals surface area contributed by atoms with E-state index in [0.717, 1.165) is 30.0 Å². The van der Waals surface area contributed by atoms with Crippen molar-refractivity contribution in [1.29, 1.82) is 0 Å². The minimum Gasteiger partial charge on any atom is -0.474 e. The Morgan fingerprint density at radius 3 is 2.61 bits per heavy atom. The van der Waals surface area contributed by atoms with Crippen molar-refractivity contribution in [3.63, 3.8) is 0 Å². The number of rotatable bonds is 4. The van der Waals surface area contributed by atoms with Gasteiger partial charge in [0.1, 0.15) is 6.10 Å². The number of hydrogen-bond acceptors (Lipinski definition) is 3. The number of ether oxygens (including phenoxy) is 1. The summed E-state index contributed by atoms with van der Waals surface area (Å²) < 4.78 is 6.02. The largest absolute Gasteiger partial charge is 0.474 e. The highest BCUT2D eigenvalue weighted by atomic mass is 16.5. The SMILES string of the molecule is CC(C)c1cc(CN)cc(OC2CCCCC2)n1. The molecule has 2 rings (SSSR count). The minimum atomic E-state index is 0.347. The molecule has 0 bridgehead atoms. The molecule has 3 heteroatoms. The standard InChI is InChI=1S/C15H24N2O/c1-11(2)14-8-12(10-16)9-15(17-14)18-13-6-4-3-5-7-13/h8-9,11,13H,3-7,10,16H2,1-2H3. The van der Waals surface area contributed by atoms with Crippen molar-refractivity contribution in [2.75, 3.05) is 0 Å². The van der Waals surface area contributed by atoms with Gasteiger partial charge in [-0.05, 0) is 43.2 Å². The van der Waals surface area contributed by atoms with E-state index in [2.05, 4.69) is 24.9 Å². The number of nitrogens with two attached hydrogens (primary N) is 1. The van der Waals surface area contributed by atoms with Crippen molar-refractivity contribution in [3.05, 3.63) is 23.4 Å². The zero-order valence-electron chi connectivity index (χ0n) is 11.5. The van der Waals surface area contributed by atoms with Crippen LogP contribution in [-0.4, -0.2) is 11.1 Å². The average molecular weight is 248 g/mol. The molecule has 1 aromatic heterocycles. The summed E-state index contributed by atoms with van der Waals surface area (Å²) in [6, 6.07) is 4.07. The first-order chi connectivity index (χ1) is 8.69. The number of hydrogen-bond donors (Lipinski definition) is 1. The van der Waals surface area contributed by atoms with E-state index in [1.165, 1.54) is 19.3 Å². The first kappa shape index (κ1) is 13.3. The second kappa shape index (κ2) is 6.19. The first-order valence-electron chi connectivity index (χ1n) is 7.06. The van der Waals surface area contributed by atoms with Crippen molar-refractivity contribution in [2.24, 2.45) is 5.73 Å². The van der Waals surface area contributed by atoms with Crippen LogP contribution in [0.2, 0.25) is 0 Å². The van der Waals surface area contributed by atoms with Gasteiger partial charge in [-0.1, -0.05) is 20.3 Å². The van der Waals surface area contributed by atoms with Crippen LogP contribution in [0, 0.1) is 0 Å². The fraction of sp³-hybridized carbons (Fsp3) is 0.667. The molecule has 1 aliphatic rings. The number of nitrogens with zero attached hydrogens (tertiary/aromatic N) is 1. The molecule has 0 radical (unpaired) electrons. The third-order valence-electron chi connectivity index (χ3n) is 3.55. The Morgan fingerprint density at radius 2 is 2.00 bits per heavy atom. The summed E-state index contributed by atoms with van der Waals surface area (Å²) in [5.41, 5.74) is 7.92. The maximum absolute atomic E-state index is 6.02. The van der Waals surface area contributed by atoms with Crippen molar-refractivity contribution in [3.8, 4) is 5.88 Å². The lowest BCUT2D eigenvalue weighted by atomic mass is 9.98. The highest BCUT2D eigenvalue weighted by molar-refractivity contribution is 5.26. The summed E-state index contributed by atoms with van der Waals surface area (Å²) in [5, 5.41) is 0. The molecule has 1 aliphatic carbocycles. The zero-order chi connectivity index (χ0) is 13.0. The summed E-state index contributed by atoms with van der Waals surface area (Å²) in [4.78, 5) is 4.60. The molecule has 1 heterocycles. The van der Waals surface area contributed by atoms with Gasteiger partial charge in [-0.3, -0.25) is 0 Å². The summed E-state index contributed by atoms with van der Waals surface area (Å²) >= 11 is 0. The maximum atomic E-state index is 6.02. The minimum absolute atomic E-state index is 0.347. The average Bonchev–Trinajstić information content (AvgIpc) is 2.39. The third-order valence-corrected chi connectivity index (χ3v) is 3.55. The van der Waals surface area contributed by atoms with Gasteiger partial charge in [-0.25, -0.2) is 4.98 Å². The van der Waals surface area contributed by atoms with Crippen LogP contribution < -0.4 is 10.5 Å². The summed E-state index contributed by atoms with van der Waals surface area (Å²) in [6.07, 6.45) is 6.56. The van der Waals surface area contributed by atoms with E-state index < -0.39 is 0 Å². The topological polar surface area (TPSA) is 48.1 Å². The smallest absolute Gasteiger partial charge is 0.214 e. The van der Waals surface area contributed by atoms with Gasteiger partial charge in [0.25, 0.3) is 0 Å². The van der Waals surface area contributed by atoms with Crippen LogP contribution in [0.1, 0.15) is 63.1 Å². The van der Waals surface area contributed by atoms with Crippen molar-refractivity contribution < 1.29 is 4.74 Å². The molecule has 1 saturated carbocycles. The predicted octanol–water partition coefficient (Wildman–Crippen LogP) is 3.38. The Balaban J connectivity index is 2.12. The van der Waals surface area contributed by atoms with Crippen molar-refractivity contribution in [2.45, 2.75) is 64.5 Å². The zero-order valence-corrected chi connectivity index (χ0v) is 11.5. The van der Waals surface area contributed by atoms with Crippen molar-refractivity contribution in [1.82, 2.24) is 4.98 Å². The molecule has 3 nitrogen and oxygen atoms in total. The monoisotopic (exact) mass is 248 g/mol. The molecular weight excluding hydrogens is 224 g/mol. The Labute approximate surface area is 110 Å². The molecule has 0 unspecified atom stereocenters. The molecule has 2 N–H and O–H groups in total. The van der Waals surface area contributed by atoms with Gasteiger partial charge in [0.05, 0.1) is 0 Å². The van der Waals surface area contributed by atoms with E-state index in [9.17, 15) is 0 Å². The van der Waals surface area contributed by atoms with Crippen LogP contribution in [0.25, 0.3) is 0 Å². The fourth-order valence-electron chi connectivity index (χ4n) is 2.41. The maximum Gasteiger partial charge on any atom is 0.214 e. The fourth-order valence-corrected chi connectivity index (χ4v) is 2.41. The van der Waals surface area contributed by atoms with E-state index in [4.69, 9.17) is 10.5 Å². The van der Waals surface area contributed by atoms with Crippen LogP contribution in [-0.2, 0) is 6.54 Å². The van der Waals surface area contributed by atoms with Gasteiger partial charge in [0, 0.05) is 18.3 Å². The van der Waals surface area contributed by atoms with Crippen LogP contribution in [0.3, 0.4) is 0 Å². The van der Waals surface area contributed by atoms with Gasteiger partial charge in [-0.15, -0.1) is 0 Å². The molecule has 0 atom stereocenters. The van der Waals surface area contributed by atoms with Gasteiger partial charge in [0.2, 0.25) is 5.88 Å². The van der Waals surface area contributed by atoms with E-state index in [0.29, 0.717) is 18.6 Å². The van der Waals surface area contributed by atoms with Crippen LogP contribution in [0.15, 0.2) is 12.1 Å². The first-order valence-corrected chi connectivity index (χ1v) is 7.06. The molecule has 1 aromatic rings. The van der Waals surface area contributed by atoms with Crippen LogP contribution >= 0.6 is 0 Å². The summed E-state index contributed by atoms with van der Waals surface area (Å²) in [7, 11) is 0. The second-order valence-electron chi connectivity index (χ2n) is 5.48. The highest BCUT2D eigenvalue weighted by Gasteiger charge is 2.16. The molecule has 1 fully saturated rings. The van der Waals surface area contributed by atoms with Crippen molar-refractivity contribution >= 4 is 0 Å². The number of aromatic nitrogens is 1. The predicted molar refractivity (Wildman–Crippen MR) is 73.7 cm³/mol. The van der Waals surface area contributed by atoms with Gasteiger partial charge >= 0.3 is 0 Å². The van der Waals surface area contributed by atoms with Crippen LogP contribution in [0.4, 0.5) is 0 Å². The third kappa shape index (κ3) is 3.45. The van der Waals surface area contributed by atoms with Gasteiger partial charge in [-0.2, -0.15) is 0 Å². The quantitative estimate of drug-likeness (QED) is 0.888. The Morgan fingerprint density at radius 1 is 1.28 bits per heavy atom. The lowest BCUT2D eigenvalue weighted by Crippen LogP contribution is -2.20. The number of pyridine rings is 1. The molecule has 100 valence electrons. The molecule has 0 spiro atoms. The van der Waals surface area contributed by atoms with E-state index in [1.54, 1.807) is 0 Å². The van der Waals surface area contributed by atoms with Crippen LogP contribution in [0.5, 0.6) is 5.88 Å². The molecule has 0 aliphatic heterocycles. The molecule has 0 saturated heterocycles. The molecule has 18 heavy (non-hydrogen) atoms. The second-order valence-corrected chi connectivity index (χ2v) is 5.48. The van der Waals surface area contributed by atoms with E-state index in [1.807, 2.05) is 6.07 Å². The molecular formula is C15H24N2O. The Hall–Kier alpha value is -1.09. The molecule has 0 aromatic carbocycles. The normalized spacial score (nSPS) is 17.1. The van der Waals surface area contributed by atoms with E-state index in [-0.39, 0.29) is 0 Å². The highest BCUT2D eigenvalue weighted by Crippen LogP contribution is 2.24. The lowest BCUT2D eigenvalue weighted by Gasteiger charge is -2.23. The summed E-state index contributed by atoms with van der Waals surface area (Å²) in [5.74, 6) is 1.17. The summed E-state index contributed by atoms with van der Waals surface area (Å²) in [6.45, 7) is 4.84. The van der Waals surface area contributed by atoms with Gasteiger partial charge in [0.15, 0.2) is 0 Å². The van der Waals surface area contributed by atoms with Gasteiger partial charge < -0.3 is 10.5 Å². The Bertz CT molecular complexity index is 384. The molecule has 0 amide bonds. The lowest BCUT2D eigenvalue weighted by molar-refractivity contribution is 0.148. The Kier molecular flexibility index (Phi) is 4.59.